The number of hydrogen-bond donors (Lipinski definition) is 1. The van der Waals surface area contributed by atoms with E-state index in [1.807, 2.05) is 24.3 Å². The van der Waals surface area contributed by atoms with E-state index in [1.165, 1.54) is 6.33 Å². The van der Waals surface area contributed by atoms with Crippen LogP contribution in [0.3, 0.4) is 0 Å². The fourth-order valence-electron chi connectivity index (χ4n) is 2.23. The first-order valence-corrected chi connectivity index (χ1v) is 7.47. The number of rotatable bonds is 4. The molecule has 0 aliphatic carbocycles. The van der Waals surface area contributed by atoms with Crippen LogP contribution in [0.4, 0.5) is 0 Å². The Hall–Kier alpha value is -1.88. The lowest BCUT2D eigenvalue weighted by Crippen LogP contribution is -2.11. The van der Waals surface area contributed by atoms with Crippen molar-refractivity contribution in [1.29, 1.82) is 0 Å². The van der Waals surface area contributed by atoms with Gasteiger partial charge in [0.05, 0.1) is 17.7 Å². The summed E-state index contributed by atoms with van der Waals surface area (Å²) >= 11 is 12.2. The van der Waals surface area contributed by atoms with Crippen molar-refractivity contribution in [3.8, 4) is 11.4 Å². The number of aliphatic hydroxyl groups is 1. The second-order valence-electron chi connectivity index (χ2n) is 4.82. The van der Waals surface area contributed by atoms with Crippen molar-refractivity contribution in [2.45, 2.75) is 12.6 Å². The maximum atomic E-state index is 10.4. The molecule has 0 radical (unpaired) electrons. The van der Waals surface area contributed by atoms with E-state index >= 15 is 0 Å². The molecular formula is C16H13Cl2N3O. The monoisotopic (exact) mass is 333 g/mol. The third-order valence-electron chi connectivity index (χ3n) is 3.31. The maximum Gasteiger partial charge on any atom is 0.159 e. The van der Waals surface area contributed by atoms with Crippen LogP contribution < -0.4 is 0 Å². The highest BCUT2D eigenvalue weighted by Gasteiger charge is 2.15. The lowest BCUT2D eigenvalue weighted by atomic mass is 10.1. The summed E-state index contributed by atoms with van der Waals surface area (Å²) in [6.45, 7) is 0.265. The molecule has 0 spiro atoms. The molecule has 0 bridgehead atoms. The molecule has 0 saturated heterocycles. The van der Waals surface area contributed by atoms with E-state index in [-0.39, 0.29) is 6.54 Å². The summed E-state index contributed by atoms with van der Waals surface area (Å²) in [5, 5.41) is 15.7. The van der Waals surface area contributed by atoms with Crippen LogP contribution in [-0.4, -0.2) is 19.9 Å². The number of aromatic nitrogens is 3. The highest BCUT2D eigenvalue weighted by Crippen LogP contribution is 2.27. The summed E-state index contributed by atoms with van der Waals surface area (Å²) in [5.41, 5.74) is 1.51. The molecule has 22 heavy (non-hydrogen) atoms. The van der Waals surface area contributed by atoms with E-state index in [0.717, 1.165) is 11.1 Å². The minimum Gasteiger partial charge on any atom is -0.386 e. The molecule has 0 aliphatic rings. The van der Waals surface area contributed by atoms with Crippen LogP contribution in [0.1, 0.15) is 11.7 Å². The maximum absolute atomic E-state index is 10.4. The minimum atomic E-state index is -0.735. The molecule has 6 heteroatoms. The molecule has 1 N–H and O–H groups in total. The lowest BCUT2D eigenvalue weighted by molar-refractivity contribution is 0.152. The van der Waals surface area contributed by atoms with Gasteiger partial charge in [-0.25, -0.2) is 9.67 Å². The number of hydrogen-bond acceptors (Lipinski definition) is 3. The molecule has 1 aromatic heterocycles. The zero-order chi connectivity index (χ0) is 15.5. The molecule has 1 heterocycles. The van der Waals surface area contributed by atoms with Crippen molar-refractivity contribution in [2.24, 2.45) is 0 Å². The summed E-state index contributed by atoms with van der Waals surface area (Å²) in [7, 11) is 0. The Bertz CT molecular complexity index is 788. The van der Waals surface area contributed by atoms with E-state index in [9.17, 15) is 5.11 Å². The fraction of sp³-hybridized carbons (Fsp3) is 0.125. The third-order valence-corrected chi connectivity index (χ3v) is 3.87. The zero-order valence-corrected chi connectivity index (χ0v) is 13.0. The largest absolute Gasteiger partial charge is 0.386 e. The van der Waals surface area contributed by atoms with Gasteiger partial charge in [-0.2, -0.15) is 5.10 Å². The van der Waals surface area contributed by atoms with Gasteiger partial charge in [-0.1, -0.05) is 47.5 Å². The molecule has 3 aromatic rings. The van der Waals surface area contributed by atoms with Gasteiger partial charge in [0.15, 0.2) is 5.82 Å². The molecule has 0 fully saturated rings. The van der Waals surface area contributed by atoms with Crippen molar-refractivity contribution >= 4 is 23.2 Å². The van der Waals surface area contributed by atoms with Gasteiger partial charge in [-0.15, -0.1) is 0 Å². The van der Waals surface area contributed by atoms with Crippen LogP contribution in [-0.2, 0) is 6.54 Å². The molecule has 112 valence electrons. The van der Waals surface area contributed by atoms with E-state index in [2.05, 4.69) is 10.1 Å². The number of aliphatic hydroxyl groups excluding tert-OH is 1. The summed E-state index contributed by atoms with van der Waals surface area (Å²) in [6, 6.07) is 14.5. The highest BCUT2D eigenvalue weighted by atomic mass is 35.5. The molecule has 2 aromatic carbocycles. The van der Waals surface area contributed by atoms with Crippen molar-refractivity contribution in [1.82, 2.24) is 14.8 Å². The van der Waals surface area contributed by atoms with E-state index in [0.29, 0.717) is 15.9 Å². The van der Waals surface area contributed by atoms with Gasteiger partial charge in [-0.3, -0.25) is 0 Å². The van der Waals surface area contributed by atoms with Gasteiger partial charge in [0, 0.05) is 10.6 Å². The number of halogens is 2. The predicted octanol–water partition coefficient (Wildman–Crippen LogP) is 3.99. The molecule has 1 unspecified atom stereocenters. The Labute approximate surface area is 138 Å². The first-order valence-electron chi connectivity index (χ1n) is 6.71. The summed E-state index contributed by atoms with van der Waals surface area (Å²) in [6.07, 6.45) is 0.713. The van der Waals surface area contributed by atoms with Crippen LogP contribution in [0.5, 0.6) is 0 Å². The Morgan fingerprint density at radius 3 is 2.68 bits per heavy atom. The Morgan fingerprint density at radius 2 is 1.91 bits per heavy atom. The third kappa shape index (κ3) is 3.14. The molecule has 0 aliphatic heterocycles. The van der Waals surface area contributed by atoms with Gasteiger partial charge in [0.2, 0.25) is 0 Å². The topological polar surface area (TPSA) is 50.9 Å². The van der Waals surface area contributed by atoms with Crippen molar-refractivity contribution in [2.75, 3.05) is 0 Å². The first-order chi connectivity index (χ1) is 10.6. The molecule has 0 amide bonds. The molecule has 0 saturated carbocycles. The van der Waals surface area contributed by atoms with Gasteiger partial charge in [-0.05, 0) is 29.8 Å². The predicted molar refractivity (Wildman–Crippen MR) is 86.9 cm³/mol. The van der Waals surface area contributed by atoms with E-state index in [1.54, 1.807) is 28.9 Å². The number of benzene rings is 2. The van der Waals surface area contributed by atoms with Crippen LogP contribution >= 0.6 is 23.2 Å². The highest BCUT2D eigenvalue weighted by molar-refractivity contribution is 6.33. The Balaban J connectivity index is 1.88. The quantitative estimate of drug-likeness (QED) is 0.785. The minimum absolute atomic E-state index is 0.265. The average Bonchev–Trinajstić information content (AvgIpc) is 2.95. The SMILES string of the molecule is OC(Cn1ncnc1-c1ccccc1Cl)c1cccc(Cl)c1. The molecule has 1 atom stereocenters. The van der Waals surface area contributed by atoms with E-state index in [4.69, 9.17) is 23.2 Å². The van der Waals surface area contributed by atoms with Gasteiger partial charge >= 0.3 is 0 Å². The Kier molecular flexibility index (Phi) is 4.43. The van der Waals surface area contributed by atoms with Crippen molar-refractivity contribution < 1.29 is 5.11 Å². The first kappa shape index (κ1) is 15.0. The van der Waals surface area contributed by atoms with Crippen molar-refractivity contribution in [3.05, 3.63) is 70.5 Å². The van der Waals surface area contributed by atoms with E-state index < -0.39 is 6.10 Å². The number of nitrogens with zero attached hydrogens (tertiary/aromatic N) is 3. The van der Waals surface area contributed by atoms with Crippen LogP contribution in [0, 0.1) is 0 Å². The van der Waals surface area contributed by atoms with Gasteiger partial charge in [0.25, 0.3) is 0 Å². The summed E-state index contributed by atoms with van der Waals surface area (Å²) < 4.78 is 1.63. The van der Waals surface area contributed by atoms with Crippen molar-refractivity contribution in [3.63, 3.8) is 0 Å². The lowest BCUT2D eigenvalue weighted by Gasteiger charge is -2.13. The Morgan fingerprint density at radius 1 is 1.09 bits per heavy atom. The second kappa shape index (κ2) is 6.48. The zero-order valence-electron chi connectivity index (χ0n) is 11.5. The van der Waals surface area contributed by atoms with Crippen LogP contribution in [0.25, 0.3) is 11.4 Å². The normalized spacial score (nSPS) is 12.3. The second-order valence-corrected chi connectivity index (χ2v) is 5.66. The van der Waals surface area contributed by atoms with Gasteiger partial charge in [0.1, 0.15) is 6.33 Å². The van der Waals surface area contributed by atoms with Crippen LogP contribution in [0.2, 0.25) is 10.0 Å². The van der Waals surface area contributed by atoms with Gasteiger partial charge < -0.3 is 5.11 Å². The van der Waals surface area contributed by atoms with Crippen LogP contribution in [0.15, 0.2) is 54.9 Å². The average molecular weight is 334 g/mol. The standard InChI is InChI=1S/C16H13Cl2N3O/c17-12-5-3-4-11(8-12)15(22)9-21-16(19-10-20-21)13-6-1-2-7-14(13)18/h1-8,10,15,22H,9H2. The summed E-state index contributed by atoms with van der Waals surface area (Å²) in [5.74, 6) is 0.617. The molecule has 3 rings (SSSR count). The fourth-order valence-corrected chi connectivity index (χ4v) is 2.65. The summed E-state index contributed by atoms with van der Waals surface area (Å²) in [4.78, 5) is 4.24. The molecule has 4 nitrogen and oxygen atoms in total. The molecular weight excluding hydrogens is 321 g/mol. The smallest absolute Gasteiger partial charge is 0.159 e.